The number of hydrogen-bond donors (Lipinski definition) is 3. The minimum absolute atomic E-state index is 0.0457. The smallest absolute Gasteiger partial charge is 0.382 e. The number of thioether (sulfide) groups is 1. The van der Waals surface area contributed by atoms with Crippen LogP contribution in [0.25, 0.3) is 0 Å². The molecule has 1 radical (unpaired) electrons. The fourth-order valence-electron chi connectivity index (χ4n) is 3.14. The molecule has 0 heterocycles. The van der Waals surface area contributed by atoms with Gasteiger partial charge in [-0.2, -0.15) is 13.2 Å². The highest BCUT2D eigenvalue weighted by molar-refractivity contribution is 8.00. The van der Waals surface area contributed by atoms with Crippen molar-refractivity contribution < 1.29 is 22.8 Å². The molecule has 2 amide bonds. The second kappa shape index (κ2) is 10.6. The third kappa shape index (κ3) is 8.41. The first kappa shape index (κ1) is 22.4. The van der Waals surface area contributed by atoms with Gasteiger partial charge in [0.05, 0.1) is 0 Å². The molecule has 1 atom stereocenters. The SMILES string of the molecule is NC(=O)[C@H](CNc1ccc(SC(F)(F)F)cc1)NC(=O)[CH]CC1CCCCC1. The van der Waals surface area contributed by atoms with Crippen molar-refractivity contribution in [3.63, 3.8) is 0 Å². The minimum Gasteiger partial charge on any atom is -0.382 e. The summed E-state index contributed by atoms with van der Waals surface area (Å²) in [5.74, 6) is -0.512. The van der Waals surface area contributed by atoms with E-state index in [-0.39, 0.29) is 29.1 Å². The molecule has 2 rings (SSSR count). The van der Waals surface area contributed by atoms with Crippen LogP contribution in [0.1, 0.15) is 38.5 Å². The summed E-state index contributed by atoms with van der Waals surface area (Å²) in [5.41, 5.74) is 1.53. The highest BCUT2D eigenvalue weighted by Crippen LogP contribution is 2.37. The van der Waals surface area contributed by atoms with E-state index in [0.717, 1.165) is 12.8 Å². The first-order valence-corrected chi connectivity index (χ1v) is 10.1. The Hall–Kier alpha value is -1.90. The fraction of sp³-hybridized carbons (Fsp3) is 0.526. The second-order valence-corrected chi connectivity index (χ2v) is 8.00. The quantitative estimate of drug-likeness (QED) is 0.534. The summed E-state index contributed by atoms with van der Waals surface area (Å²) < 4.78 is 37.0. The standard InChI is InChI=1S/C19H25F3N3O2S/c20-19(21,22)28-15-9-7-14(8-10-15)24-12-16(18(23)27)25-17(26)11-6-13-4-2-1-3-5-13/h7-11,13,16,24H,1-6,12H2,(H2,23,27)(H,25,26)/t16-/m0/s1. The molecule has 0 spiro atoms. The second-order valence-electron chi connectivity index (χ2n) is 6.86. The lowest BCUT2D eigenvalue weighted by molar-refractivity contribution is -0.125. The molecule has 5 nitrogen and oxygen atoms in total. The number of nitrogens with two attached hydrogens (primary N) is 1. The Morgan fingerprint density at radius 1 is 1.18 bits per heavy atom. The molecule has 28 heavy (non-hydrogen) atoms. The predicted octanol–water partition coefficient (Wildman–Crippen LogP) is 3.86. The van der Waals surface area contributed by atoms with Gasteiger partial charge in [0, 0.05) is 23.5 Å². The van der Waals surface area contributed by atoms with E-state index < -0.39 is 17.5 Å². The van der Waals surface area contributed by atoms with E-state index in [1.807, 2.05) is 0 Å². The zero-order chi connectivity index (χ0) is 20.6. The first-order valence-electron chi connectivity index (χ1n) is 9.25. The van der Waals surface area contributed by atoms with Crippen LogP contribution < -0.4 is 16.4 Å². The van der Waals surface area contributed by atoms with E-state index in [2.05, 4.69) is 10.6 Å². The zero-order valence-electron chi connectivity index (χ0n) is 15.4. The van der Waals surface area contributed by atoms with Crippen molar-refractivity contribution in [2.24, 2.45) is 11.7 Å². The summed E-state index contributed by atoms with van der Waals surface area (Å²) in [4.78, 5) is 23.7. The van der Waals surface area contributed by atoms with Gasteiger partial charge in [-0.3, -0.25) is 9.59 Å². The first-order chi connectivity index (χ1) is 13.2. The Labute approximate surface area is 167 Å². The number of alkyl halides is 3. The summed E-state index contributed by atoms with van der Waals surface area (Å²) in [7, 11) is 0. The van der Waals surface area contributed by atoms with Crippen molar-refractivity contribution >= 4 is 29.3 Å². The van der Waals surface area contributed by atoms with Crippen LogP contribution in [0.5, 0.6) is 0 Å². The molecule has 0 unspecified atom stereocenters. The topological polar surface area (TPSA) is 84.2 Å². The van der Waals surface area contributed by atoms with Crippen molar-refractivity contribution in [1.82, 2.24) is 5.32 Å². The number of amides is 2. The van der Waals surface area contributed by atoms with Crippen LogP contribution >= 0.6 is 11.8 Å². The molecule has 1 aromatic carbocycles. The molecule has 1 aliphatic carbocycles. The number of rotatable bonds is 9. The molecule has 0 saturated heterocycles. The van der Waals surface area contributed by atoms with Gasteiger partial charge in [0.15, 0.2) is 0 Å². The van der Waals surface area contributed by atoms with Crippen molar-refractivity contribution in [3.05, 3.63) is 30.7 Å². The molecule has 0 aliphatic heterocycles. The molecule has 0 bridgehead atoms. The zero-order valence-corrected chi connectivity index (χ0v) is 16.2. The van der Waals surface area contributed by atoms with Gasteiger partial charge in [-0.1, -0.05) is 32.1 Å². The van der Waals surface area contributed by atoms with Gasteiger partial charge in [0.1, 0.15) is 6.04 Å². The van der Waals surface area contributed by atoms with Gasteiger partial charge in [0.25, 0.3) is 0 Å². The van der Waals surface area contributed by atoms with Gasteiger partial charge in [0.2, 0.25) is 11.8 Å². The number of benzene rings is 1. The third-order valence-corrected chi connectivity index (χ3v) is 5.36. The highest BCUT2D eigenvalue weighted by Gasteiger charge is 2.29. The van der Waals surface area contributed by atoms with Gasteiger partial charge in [-0.05, 0) is 48.4 Å². The van der Waals surface area contributed by atoms with Crippen molar-refractivity contribution in [2.75, 3.05) is 11.9 Å². The number of nitrogens with one attached hydrogen (secondary N) is 2. The number of carbonyl (C=O) groups excluding carboxylic acids is 2. The van der Waals surface area contributed by atoms with E-state index in [1.54, 1.807) is 6.42 Å². The lowest BCUT2D eigenvalue weighted by Gasteiger charge is -2.22. The van der Waals surface area contributed by atoms with E-state index in [0.29, 0.717) is 18.0 Å². The molecule has 1 aliphatic rings. The van der Waals surface area contributed by atoms with Gasteiger partial charge < -0.3 is 16.4 Å². The molecule has 155 valence electrons. The van der Waals surface area contributed by atoms with Crippen LogP contribution in [-0.2, 0) is 9.59 Å². The van der Waals surface area contributed by atoms with Crippen LogP contribution in [0.3, 0.4) is 0 Å². The molecule has 1 fully saturated rings. The summed E-state index contributed by atoms with van der Waals surface area (Å²) in [6.45, 7) is 0.0457. The molecule has 1 aromatic rings. The fourth-order valence-corrected chi connectivity index (χ4v) is 3.68. The average molecular weight is 416 g/mol. The van der Waals surface area contributed by atoms with Gasteiger partial charge >= 0.3 is 5.51 Å². The number of anilines is 1. The maximum atomic E-state index is 12.3. The average Bonchev–Trinajstić information content (AvgIpc) is 2.64. The van der Waals surface area contributed by atoms with E-state index in [9.17, 15) is 22.8 Å². The summed E-state index contributed by atoms with van der Waals surface area (Å²) in [6.07, 6.45) is 8.11. The number of carbonyl (C=O) groups is 2. The normalized spacial score (nSPS) is 16.4. The maximum Gasteiger partial charge on any atom is 0.446 e. The number of primary amides is 1. The minimum atomic E-state index is -4.34. The van der Waals surface area contributed by atoms with Crippen molar-refractivity contribution in [1.29, 1.82) is 0 Å². The molecule has 4 N–H and O–H groups in total. The van der Waals surface area contributed by atoms with Crippen LogP contribution in [0.15, 0.2) is 29.2 Å². The monoisotopic (exact) mass is 416 g/mol. The van der Waals surface area contributed by atoms with Crippen molar-refractivity contribution in [3.8, 4) is 0 Å². The predicted molar refractivity (Wildman–Crippen MR) is 103 cm³/mol. The maximum absolute atomic E-state index is 12.3. The molecule has 9 heteroatoms. The van der Waals surface area contributed by atoms with E-state index >= 15 is 0 Å². The number of hydrogen-bond acceptors (Lipinski definition) is 4. The Morgan fingerprint density at radius 3 is 2.39 bits per heavy atom. The summed E-state index contributed by atoms with van der Waals surface area (Å²) in [5, 5.41) is 5.49. The molecule has 0 aromatic heterocycles. The summed E-state index contributed by atoms with van der Waals surface area (Å²) >= 11 is -0.199. The van der Waals surface area contributed by atoms with Crippen molar-refractivity contribution in [2.45, 2.75) is 55.0 Å². The van der Waals surface area contributed by atoms with Gasteiger partial charge in [-0.25, -0.2) is 0 Å². The summed E-state index contributed by atoms with van der Waals surface area (Å²) in [6, 6.07) is 4.69. The lowest BCUT2D eigenvalue weighted by Crippen LogP contribution is -2.48. The highest BCUT2D eigenvalue weighted by atomic mass is 32.2. The Balaban J connectivity index is 1.78. The molecular weight excluding hydrogens is 391 g/mol. The van der Waals surface area contributed by atoms with Crippen LogP contribution in [-0.4, -0.2) is 29.9 Å². The van der Waals surface area contributed by atoms with Crippen LogP contribution in [0.2, 0.25) is 0 Å². The third-order valence-electron chi connectivity index (χ3n) is 4.62. The Kier molecular flexibility index (Phi) is 8.47. The number of halogens is 3. The van der Waals surface area contributed by atoms with Gasteiger partial charge in [-0.15, -0.1) is 0 Å². The Morgan fingerprint density at radius 2 is 1.82 bits per heavy atom. The lowest BCUT2D eigenvalue weighted by atomic mass is 9.86. The largest absolute Gasteiger partial charge is 0.446 e. The van der Waals surface area contributed by atoms with Crippen LogP contribution in [0.4, 0.5) is 18.9 Å². The molecule has 1 saturated carbocycles. The van der Waals surface area contributed by atoms with Crippen LogP contribution in [0, 0.1) is 12.3 Å². The van der Waals surface area contributed by atoms with E-state index in [4.69, 9.17) is 5.73 Å². The molecular formula is C19H25F3N3O2S. The Bertz CT molecular complexity index is 647. The van der Waals surface area contributed by atoms with E-state index in [1.165, 1.54) is 43.5 Å².